The Morgan fingerprint density at radius 3 is 2.55 bits per heavy atom. The lowest BCUT2D eigenvalue weighted by Gasteiger charge is -2.26. The predicted octanol–water partition coefficient (Wildman–Crippen LogP) is 1.61. The molecule has 204 valence electrons. The van der Waals surface area contributed by atoms with Gasteiger partial charge in [-0.15, -0.1) is 0 Å². The largest absolute Gasteiger partial charge is 0.489 e. The van der Waals surface area contributed by atoms with Gasteiger partial charge in [0.1, 0.15) is 17.7 Å². The number of esters is 1. The molecule has 12 heteroatoms. The fourth-order valence-corrected chi connectivity index (χ4v) is 5.25. The van der Waals surface area contributed by atoms with Gasteiger partial charge in [0.15, 0.2) is 5.75 Å². The zero-order valence-corrected chi connectivity index (χ0v) is 22.0. The summed E-state index contributed by atoms with van der Waals surface area (Å²) in [6.45, 7) is 3.04. The zero-order chi connectivity index (χ0) is 27.7. The number of ether oxygens (including phenoxy) is 2. The van der Waals surface area contributed by atoms with Crippen molar-refractivity contribution in [3.63, 3.8) is 0 Å². The minimum absolute atomic E-state index is 0.0370. The summed E-state index contributed by atoms with van der Waals surface area (Å²) in [7, 11) is -4.20. The second kappa shape index (κ2) is 13.1. The molecular formula is C26H33N5O6S. The summed E-state index contributed by atoms with van der Waals surface area (Å²) in [5, 5.41) is 10.8. The SMILES string of the molecule is CCOC(=O)CS(=O)(=O)N(CC=Cc1cccc(C(=N)N)c1)c1ccc(OC2CCNCC2)c(C(N)=O)c1. The van der Waals surface area contributed by atoms with Crippen molar-refractivity contribution in [3.05, 3.63) is 65.2 Å². The highest BCUT2D eigenvalue weighted by atomic mass is 32.2. The van der Waals surface area contributed by atoms with Gasteiger partial charge in [0.25, 0.3) is 5.91 Å². The molecule has 2 aromatic rings. The number of primary amides is 1. The van der Waals surface area contributed by atoms with Crippen LogP contribution in [0, 0.1) is 5.41 Å². The minimum Gasteiger partial charge on any atom is -0.489 e. The Morgan fingerprint density at radius 1 is 1.16 bits per heavy atom. The average Bonchev–Trinajstić information content (AvgIpc) is 2.87. The molecule has 1 aliphatic heterocycles. The van der Waals surface area contributed by atoms with Gasteiger partial charge in [-0.3, -0.25) is 19.3 Å². The fourth-order valence-electron chi connectivity index (χ4n) is 3.96. The Hall–Kier alpha value is -3.90. The third kappa shape index (κ3) is 7.80. The number of amides is 1. The number of sulfonamides is 1. The molecule has 3 rings (SSSR count). The molecule has 11 nitrogen and oxygen atoms in total. The summed E-state index contributed by atoms with van der Waals surface area (Å²) in [6.07, 6.45) is 4.68. The quantitative estimate of drug-likeness (QED) is 0.177. The van der Waals surface area contributed by atoms with Gasteiger partial charge in [0, 0.05) is 5.56 Å². The van der Waals surface area contributed by atoms with E-state index in [0.29, 0.717) is 11.1 Å². The van der Waals surface area contributed by atoms with Crippen LogP contribution in [0.1, 0.15) is 41.3 Å². The summed E-state index contributed by atoms with van der Waals surface area (Å²) in [4.78, 5) is 24.3. The first kappa shape index (κ1) is 28.7. The molecule has 1 saturated heterocycles. The summed E-state index contributed by atoms with van der Waals surface area (Å²) in [6, 6.07) is 11.3. The number of hydrogen-bond acceptors (Lipinski definition) is 8. The van der Waals surface area contributed by atoms with E-state index in [2.05, 4.69) is 5.32 Å². The molecule has 38 heavy (non-hydrogen) atoms. The van der Waals surface area contributed by atoms with Crippen molar-refractivity contribution in [2.24, 2.45) is 11.5 Å². The highest BCUT2D eigenvalue weighted by Crippen LogP contribution is 2.29. The molecule has 0 aliphatic carbocycles. The third-order valence-corrected chi connectivity index (χ3v) is 7.45. The van der Waals surface area contributed by atoms with Crippen LogP contribution in [-0.2, 0) is 19.6 Å². The molecule has 0 aromatic heterocycles. The molecule has 1 aliphatic rings. The van der Waals surface area contributed by atoms with E-state index < -0.39 is 27.7 Å². The van der Waals surface area contributed by atoms with E-state index >= 15 is 0 Å². The van der Waals surface area contributed by atoms with Crippen LogP contribution in [0.4, 0.5) is 5.69 Å². The van der Waals surface area contributed by atoms with Gasteiger partial charge in [-0.1, -0.05) is 30.4 Å². The second-order valence-corrected chi connectivity index (χ2v) is 10.5. The van der Waals surface area contributed by atoms with Crippen LogP contribution in [0.5, 0.6) is 5.75 Å². The van der Waals surface area contributed by atoms with Crippen molar-refractivity contribution in [3.8, 4) is 5.75 Å². The van der Waals surface area contributed by atoms with Crippen LogP contribution < -0.4 is 25.8 Å². The molecule has 2 aromatic carbocycles. The number of nitrogens with two attached hydrogens (primary N) is 2. The van der Waals surface area contributed by atoms with Gasteiger partial charge >= 0.3 is 5.97 Å². The van der Waals surface area contributed by atoms with E-state index in [1.807, 2.05) is 0 Å². The first-order valence-corrected chi connectivity index (χ1v) is 13.8. The standard InChI is InChI=1S/C26H33N5O6S/c1-2-36-24(32)17-38(34,35)31(14-4-6-18-5-3-7-19(15-18)25(27)28)20-8-9-23(22(16-20)26(29)33)37-21-10-12-30-13-11-21/h3-9,15-16,21,30H,2,10-14,17H2,1H3,(H3,27,28)(H2,29,33). The zero-order valence-electron chi connectivity index (χ0n) is 21.2. The van der Waals surface area contributed by atoms with Crippen LogP contribution in [0.15, 0.2) is 48.5 Å². The fraction of sp³-hybridized carbons (Fsp3) is 0.346. The van der Waals surface area contributed by atoms with Crippen molar-refractivity contribution in [2.45, 2.75) is 25.9 Å². The van der Waals surface area contributed by atoms with E-state index in [0.717, 1.165) is 30.2 Å². The molecule has 1 fully saturated rings. The Labute approximate surface area is 222 Å². The maximum Gasteiger partial charge on any atom is 0.323 e. The highest BCUT2D eigenvalue weighted by molar-refractivity contribution is 7.93. The lowest BCUT2D eigenvalue weighted by molar-refractivity contribution is -0.139. The minimum atomic E-state index is -4.20. The Balaban J connectivity index is 1.94. The van der Waals surface area contributed by atoms with Crippen LogP contribution >= 0.6 is 0 Å². The van der Waals surface area contributed by atoms with Crippen molar-refractivity contribution in [1.82, 2.24) is 5.32 Å². The van der Waals surface area contributed by atoms with E-state index in [4.69, 9.17) is 26.4 Å². The molecule has 0 atom stereocenters. The highest BCUT2D eigenvalue weighted by Gasteiger charge is 2.27. The number of nitrogens with zero attached hydrogens (tertiary/aromatic N) is 1. The number of nitrogens with one attached hydrogen (secondary N) is 2. The summed E-state index contributed by atoms with van der Waals surface area (Å²) in [5.74, 6) is -2.36. The topological polar surface area (TPSA) is 178 Å². The van der Waals surface area contributed by atoms with Crippen LogP contribution in [0.25, 0.3) is 6.08 Å². The van der Waals surface area contributed by atoms with E-state index in [1.54, 1.807) is 43.3 Å². The lowest BCUT2D eigenvalue weighted by atomic mass is 10.1. The number of anilines is 1. The molecule has 6 N–H and O–H groups in total. The van der Waals surface area contributed by atoms with Crippen molar-refractivity contribution in [1.29, 1.82) is 5.41 Å². The van der Waals surface area contributed by atoms with E-state index in [1.165, 1.54) is 18.2 Å². The molecular weight excluding hydrogens is 510 g/mol. The molecule has 0 unspecified atom stereocenters. The van der Waals surface area contributed by atoms with Gasteiger partial charge in [-0.05, 0) is 62.7 Å². The monoisotopic (exact) mass is 543 g/mol. The number of nitrogen functional groups attached to an aromatic ring is 1. The smallest absolute Gasteiger partial charge is 0.323 e. The second-order valence-electron chi connectivity index (χ2n) is 8.65. The molecule has 0 spiro atoms. The number of carbonyl (C=O) groups excluding carboxylic acids is 2. The van der Waals surface area contributed by atoms with Crippen LogP contribution in [0.3, 0.4) is 0 Å². The summed E-state index contributed by atoms with van der Waals surface area (Å²) < 4.78 is 38.4. The molecule has 1 heterocycles. The number of amidine groups is 1. The average molecular weight is 544 g/mol. The molecule has 0 saturated carbocycles. The first-order valence-electron chi connectivity index (χ1n) is 12.2. The predicted molar refractivity (Wildman–Crippen MR) is 146 cm³/mol. The van der Waals surface area contributed by atoms with Crippen molar-refractivity contribution < 1.29 is 27.5 Å². The molecule has 1 amide bonds. The van der Waals surface area contributed by atoms with Crippen LogP contribution in [-0.4, -0.2) is 64.2 Å². The number of benzene rings is 2. The number of piperidine rings is 1. The number of hydrogen-bond donors (Lipinski definition) is 4. The van der Waals surface area contributed by atoms with Gasteiger partial charge in [0.2, 0.25) is 10.0 Å². The normalized spacial score (nSPS) is 14.2. The Morgan fingerprint density at radius 2 is 1.89 bits per heavy atom. The maximum absolute atomic E-state index is 13.3. The summed E-state index contributed by atoms with van der Waals surface area (Å²) in [5.41, 5.74) is 12.6. The summed E-state index contributed by atoms with van der Waals surface area (Å²) >= 11 is 0. The van der Waals surface area contributed by atoms with Gasteiger partial charge in [0.05, 0.1) is 24.4 Å². The Kier molecular flexibility index (Phi) is 9.85. The van der Waals surface area contributed by atoms with E-state index in [9.17, 15) is 18.0 Å². The molecule has 0 radical (unpaired) electrons. The van der Waals surface area contributed by atoms with Crippen LogP contribution in [0.2, 0.25) is 0 Å². The number of rotatable bonds is 12. The van der Waals surface area contributed by atoms with E-state index in [-0.39, 0.29) is 42.1 Å². The molecule has 0 bridgehead atoms. The maximum atomic E-state index is 13.3. The number of carbonyl (C=O) groups is 2. The lowest BCUT2D eigenvalue weighted by Crippen LogP contribution is -2.37. The van der Waals surface area contributed by atoms with Gasteiger partial charge in [-0.25, -0.2) is 8.42 Å². The van der Waals surface area contributed by atoms with Crippen molar-refractivity contribution in [2.75, 3.05) is 36.3 Å². The van der Waals surface area contributed by atoms with Crippen molar-refractivity contribution >= 4 is 39.5 Å². The first-order chi connectivity index (χ1) is 18.1. The van der Waals surface area contributed by atoms with Gasteiger partial charge in [-0.2, -0.15) is 0 Å². The van der Waals surface area contributed by atoms with Gasteiger partial charge < -0.3 is 26.3 Å². The Bertz CT molecular complexity index is 1300. The third-order valence-electron chi connectivity index (χ3n) is 5.82.